The quantitative estimate of drug-likeness (QED) is 0.0344. The van der Waals surface area contributed by atoms with Crippen molar-refractivity contribution in [3.63, 3.8) is 0 Å². The smallest absolute Gasteiger partial charge is 0.306 e. The molecule has 380 valence electrons. The maximum atomic E-state index is 12.8. The Balaban J connectivity index is 4.18. The highest BCUT2D eigenvalue weighted by Crippen LogP contribution is 2.19. The second kappa shape index (κ2) is 49.3. The molecule has 64 heavy (non-hydrogen) atoms. The zero-order chi connectivity index (χ0) is 47.0. The molecule has 0 aromatic heterocycles. The van der Waals surface area contributed by atoms with Crippen LogP contribution in [0.5, 0.6) is 0 Å². The van der Waals surface area contributed by atoms with Crippen LogP contribution in [-0.4, -0.2) is 37.2 Å². The van der Waals surface area contributed by atoms with Crippen LogP contribution in [0.25, 0.3) is 0 Å². The summed E-state index contributed by atoms with van der Waals surface area (Å²) in [6.07, 6.45) is 51.1. The molecule has 0 fully saturated rings. The minimum Gasteiger partial charge on any atom is -0.462 e. The van der Waals surface area contributed by atoms with E-state index in [2.05, 4.69) is 41.5 Å². The van der Waals surface area contributed by atoms with E-state index in [4.69, 9.17) is 14.2 Å². The minimum atomic E-state index is -0.763. The Morgan fingerprint density at radius 2 is 0.547 bits per heavy atom. The molecule has 0 spiro atoms. The Morgan fingerprint density at radius 3 is 0.812 bits per heavy atom. The van der Waals surface area contributed by atoms with Gasteiger partial charge >= 0.3 is 17.9 Å². The number of rotatable bonds is 51. The van der Waals surface area contributed by atoms with Gasteiger partial charge in [0.05, 0.1) is 0 Å². The average Bonchev–Trinajstić information content (AvgIpc) is 3.27. The Hall–Kier alpha value is -1.59. The fourth-order valence-corrected chi connectivity index (χ4v) is 8.79. The van der Waals surface area contributed by atoms with E-state index >= 15 is 0 Å². The first-order valence-electron chi connectivity index (χ1n) is 28.6. The Morgan fingerprint density at radius 1 is 0.312 bits per heavy atom. The van der Waals surface area contributed by atoms with Gasteiger partial charge in [-0.25, -0.2) is 0 Å². The molecule has 1 unspecified atom stereocenters. The van der Waals surface area contributed by atoms with Crippen LogP contribution in [0.3, 0.4) is 0 Å². The van der Waals surface area contributed by atoms with Crippen LogP contribution in [0.1, 0.15) is 318 Å². The van der Waals surface area contributed by atoms with Gasteiger partial charge in [-0.05, 0) is 37.0 Å². The van der Waals surface area contributed by atoms with Crippen molar-refractivity contribution in [1.82, 2.24) is 0 Å². The van der Waals surface area contributed by atoms with Crippen LogP contribution in [0, 0.1) is 17.8 Å². The predicted molar refractivity (Wildman–Crippen MR) is 275 cm³/mol. The molecule has 6 heteroatoms. The third-order valence-electron chi connectivity index (χ3n) is 13.5. The van der Waals surface area contributed by atoms with Gasteiger partial charge in [-0.1, -0.05) is 279 Å². The van der Waals surface area contributed by atoms with Crippen LogP contribution in [0.2, 0.25) is 0 Å². The summed E-state index contributed by atoms with van der Waals surface area (Å²) in [5.41, 5.74) is 0. The highest BCUT2D eigenvalue weighted by Gasteiger charge is 2.19. The van der Waals surface area contributed by atoms with Crippen LogP contribution >= 0.6 is 0 Å². The monoisotopic (exact) mass is 905 g/mol. The van der Waals surface area contributed by atoms with Gasteiger partial charge in [-0.2, -0.15) is 0 Å². The Bertz CT molecular complexity index is 993. The third kappa shape index (κ3) is 49.8. The largest absolute Gasteiger partial charge is 0.462 e. The van der Waals surface area contributed by atoms with Crippen LogP contribution in [0.15, 0.2) is 0 Å². The molecule has 6 nitrogen and oxygen atoms in total. The predicted octanol–water partition coefficient (Wildman–Crippen LogP) is 18.7. The lowest BCUT2D eigenvalue weighted by molar-refractivity contribution is -0.167. The summed E-state index contributed by atoms with van der Waals surface area (Å²) in [6.45, 7) is 13.7. The summed E-state index contributed by atoms with van der Waals surface area (Å²) >= 11 is 0. The molecule has 0 radical (unpaired) electrons. The van der Waals surface area contributed by atoms with Gasteiger partial charge < -0.3 is 14.2 Å². The Kier molecular flexibility index (Phi) is 48.1. The van der Waals surface area contributed by atoms with Crippen molar-refractivity contribution in [1.29, 1.82) is 0 Å². The lowest BCUT2D eigenvalue weighted by atomic mass is 9.99. The van der Waals surface area contributed by atoms with Gasteiger partial charge in [0.25, 0.3) is 0 Å². The van der Waals surface area contributed by atoms with Crippen molar-refractivity contribution in [2.24, 2.45) is 17.8 Å². The summed E-state index contributed by atoms with van der Waals surface area (Å²) in [7, 11) is 0. The second-order valence-corrected chi connectivity index (χ2v) is 21.1. The minimum absolute atomic E-state index is 0.0646. The number of hydrogen-bond acceptors (Lipinski definition) is 6. The van der Waals surface area contributed by atoms with Gasteiger partial charge in [0.2, 0.25) is 0 Å². The molecule has 0 rings (SSSR count). The SMILES string of the molecule is CCC(C)CCCCCCCCCCCCCCCCCCCCC(=O)OC[C@@H](COC(=O)CCCCCCCCCCCCCC(C)C)OC(=O)CCCCCCCCCC(C)C. The highest BCUT2D eigenvalue weighted by atomic mass is 16.6. The second-order valence-electron chi connectivity index (χ2n) is 21.1. The van der Waals surface area contributed by atoms with E-state index in [-0.39, 0.29) is 31.1 Å². The summed E-state index contributed by atoms with van der Waals surface area (Å²) < 4.78 is 16.8. The molecular weight excluding hydrogens is 793 g/mol. The van der Waals surface area contributed by atoms with E-state index in [1.165, 1.54) is 199 Å². The topological polar surface area (TPSA) is 78.9 Å². The van der Waals surface area contributed by atoms with E-state index < -0.39 is 6.10 Å². The lowest BCUT2D eigenvalue weighted by Gasteiger charge is -2.18. The summed E-state index contributed by atoms with van der Waals surface area (Å²) in [4.78, 5) is 38.0. The van der Waals surface area contributed by atoms with Crippen molar-refractivity contribution < 1.29 is 28.6 Å². The average molecular weight is 906 g/mol. The van der Waals surface area contributed by atoms with Crippen molar-refractivity contribution >= 4 is 17.9 Å². The summed E-state index contributed by atoms with van der Waals surface area (Å²) in [5, 5.41) is 0. The van der Waals surface area contributed by atoms with Crippen LogP contribution in [0.4, 0.5) is 0 Å². The lowest BCUT2D eigenvalue weighted by Crippen LogP contribution is -2.30. The van der Waals surface area contributed by atoms with Gasteiger partial charge in [0, 0.05) is 19.3 Å². The van der Waals surface area contributed by atoms with Gasteiger partial charge in [0.1, 0.15) is 13.2 Å². The van der Waals surface area contributed by atoms with Crippen molar-refractivity contribution in [3.05, 3.63) is 0 Å². The number of carbonyl (C=O) groups excluding carboxylic acids is 3. The molecule has 0 saturated heterocycles. The van der Waals surface area contributed by atoms with E-state index in [9.17, 15) is 14.4 Å². The molecular formula is C58H112O6. The molecule has 0 N–H and O–H groups in total. The molecule has 0 aromatic carbocycles. The van der Waals surface area contributed by atoms with Crippen LogP contribution < -0.4 is 0 Å². The maximum absolute atomic E-state index is 12.8. The molecule has 0 aliphatic heterocycles. The molecule has 0 bridgehead atoms. The normalized spacial score (nSPS) is 12.6. The summed E-state index contributed by atoms with van der Waals surface area (Å²) in [6, 6.07) is 0. The van der Waals surface area contributed by atoms with Crippen LogP contribution in [-0.2, 0) is 28.6 Å². The number of ether oxygens (including phenoxy) is 3. The standard InChI is InChI=1S/C58H112O6/c1-7-54(6)46-40-34-28-22-18-14-12-10-8-9-11-13-15-19-23-29-35-41-47-56(59)62-50-55(64-58(61)49-43-37-31-25-27-33-39-45-53(4)5)51-63-57(60)48-42-36-30-24-20-16-17-21-26-32-38-44-52(2)3/h52-55H,7-51H2,1-6H3/t54?,55-/m0/s1. The Labute approximate surface area is 399 Å². The van der Waals surface area contributed by atoms with Gasteiger partial charge in [-0.3, -0.25) is 14.4 Å². The van der Waals surface area contributed by atoms with Gasteiger partial charge in [-0.15, -0.1) is 0 Å². The molecule has 0 aliphatic rings. The fourth-order valence-electron chi connectivity index (χ4n) is 8.79. The summed E-state index contributed by atoms with van der Waals surface area (Å²) in [5.74, 6) is 1.66. The molecule has 0 saturated carbocycles. The number of unbranched alkanes of at least 4 members (excludes halogenated alkanes) is 33. The first-order valence-corrected chi connectivity index (χ1v) is 28.6. The van der Waals surface area contributed by atoms with E-state index in [1.54, 1.807) is 0 Å². The van der Waals surface area contributed by atoms with Crippen molar-refractivity contribution in [2.45, 2.75) is 324 Å². The molecule has 0 amide bonds. The van der Waals surface area contributed by atoms with Crippen molar-refractivity contribution in [3.8, 4) is 0 Å². The highest BCUT2D eigenvalue weighted by molar-refractivity contribution is 5.71. The number of carbonyl (C=O) groups is 3. The first kappa shape index (κ1) is 62.4. The van der Waals surface area contributed by atoms with E-state index in [1.807, 2.05) is 0 Å². The maximum Gasteiger partial charge on any atom is 0.306 e. The third-order valence-corrected chi connectivity index (χ3v) is 13.5. The molecule has 0 aliphatic carbocycles. The molecule has 2 atom stereocenters. The van der Waals surface area contributed by atoms with E-state index in [0.29, 0.717) is 19.3 Å². The zero-order valence-electron chi connectivity index (χ0n) is 44.1. The fraction of sp³-hybridized carbons (Fsp3) is 0.948. The zero-order valence-corrected chi connectivity index (χ0v) is 44.1. The molecule has 0 heterocycles. The van der Waals surface area contributed by atoms with E-state index in [0.717, 1.165) is 75.5 Å². The molecule has 0 aromatic rings. The number of esters is 3. The number of hydrogen-bond donors (Lipinski definition) is 0. The first-order chi connectivity index (χ1) is 31.1. The van der Waals surface area contributed by atoms with Crippen molar-refractivity contribution in [2.75, 3.05) is 13.2 Å². The van der Waals surface area contributed by atoms with Gasteiger partial charge in [0.15, 0.2) is 6.10 Å².